The number of fused-ring (bicyclic) bond motifs is 1. The first-order chi connectivity index (χ1) is 9.54. The Hall–Kier alpha value is -1.81. The smallest absolute Gasteiger partial charge is 0.320 e. The predicted octanol–water partition coefficient (Wildman–Crippen LogP) is 3.10. The van der Waals surface area contributed by atoms with Crippen LogP contribution in [0.2, 0.25) is 0 Å². The van der Waals surface area contributed by atoms with Gasteiger partial charge in [-0.2, -0.15) is 0 Å². The Kier molecular flexibility index (Phi) is 3.26. The molecule has 20 heavy (non-hydrogen) atoms. The molecule has 1 aliphatic rings. The van der Waals surface area contributed by atoms with Gasteiger partial charge in [0.2, 0.25) is 0 Å². The highest BCUT2D eigenvalue weighted by Crippen LogP contribution is 2.26. The van der Waals surface area contributed by atoms with Crippen molar-refractivity contribution in [3.63, 3.8) is 0 Å². The minimum Gasteiger partial charge on any atom is -0.480 e. The third kappa shape index (κ3) is 2.31. The first-order valence-electron chi connectivity index (χ1n) is 7.01. The molecule has 1 saturated heterocycles. The van der Waals surface area contributed by atoms with Gasteiger partial charge in [0.25, 0.3) is 0 Å². The average molecular weight is 273 g/mol. The van der Waals surface area contributed by atoms with Crippen LogP contribution in [0.25, 0.3) is 11.0 Å². The molecule has 0 radical (unpaired) electrons. The van der Waals surface area contributed by atoms with Gasteiger partial charge in [0.05, 0.1) is 6.54 Å². The van der Waals surface area contributed by atoms with Gasteiger partial charge in [-0.3, -0.25) is 9.69 Å². The SMILES string of the molecule is Cc1cc2cc(CN3CCC[C@H]3C(=O)O)oc2cc1C. The van der Waals surface area contributed by atoms with Crippen molar-refractivity contribution in [2.24, 2.45) is 0 Å². The summed E-state index contributed by atoms with van der Waals surface area (Å²) in [5.41, 5.74) is 3.34. The van der Waals surface area contributed by atoms with E-state index in [2.05, 4.69) is 19.9 Å². The second-order valence-corrected chi connectivity index (χ2v) is 5.65. The Morgan fingerprint density at radius 3 is 2.85 bits per heavy atom. The Balaban J connectivity index is 1.86. The summed E-state index contributed by atoms with van der Waals surface area (Å²) in [6.07, 6.45) is 1.67. The van der Waals surface area contributed by atoms with Gasteiger partial charge >= 0.3 is 5.97 Å². The molecule has 2 heterocycles. The van der Waals surface area contributed by atoms with Crippen molar-refractivity contribution in [2.45, 2.75) is 39.3 Å². The summed E-state index contributed by atoms with van der Waals surface area (Å²) < 4.78 is 5.86. The van der Waals surface area contributed by atoms with E-state index >= 15 is 0 Å². The van der Waals surface area contributed by atoms with Crippen molar-refractivity contribution < 1.29 is 14.3 Å². The Morgan fingerprint density at radius 2 is 2.10 bits per heavy atom. The molecule has 0 saturated carbocycles. The Bertz CT molecular complexity index is 620. The molecule has 1 aliphatic heterocycles. The van der Waals surface area contributed by atoms with Gasteiger partial charge in [-0.25, -0.2) is 0 Å². The van der Waals surface area contributed by atoms with E-state index in [1.165, 1.54) is 11.1 Å². The molecule has 1 aromatic carbocycles. The highest BCUT2D eigenvalue weighted by atomic mass is 16.4. The van der Waals surface area contributed by atoms with Crippen molar-refractivity contribution in [2.75, 3.05) is 6.54 Å². The van der Waals surface area contributed by atoms with Gasteiger partial charge < -0.3 is 9.52 Å². The largest absolute Gasteiger partial charge is 0.480 e. The average Bonchev–Trinajstić information content (AvgIpc) is 2.97. The van der Waals surface area contributed by atoms with Gasteiger partial charge in [-0.15, -0.1) is 0 Å². The lowest BCUT2D eigenvalue weighted by Gasteiger charge is -2.19. The summed E-state index contributed by atoms with van der Waals surface area (Å²) in [4.78, 5) is 13.2. The second-order valence-electron chi connectivity index (χ2n) is 5.65. The fourth-order valence-corrected chi connectivity index (χ4v) is 2.93. The molecule has 4 heteroatoms. The number of carbonyl (C=O) groups is 1. The normalized spacial score (nSPS) is 19.8. The van der Waals surface area contributed by atoms with Crippen molar-refractivity contribution in [1.82, 2.24) is 4.90 Å². The van der Waals surface area contributed by atoms with Crippen LogP contribution in [0.5, 0.6) is 0 Å². The molecular weight excluding hydrogens is 254 g/mol. The summed E-state index contributed by atoms with van der Waals surface area (Å²) in [7, 11) is 0. The van der Waals surface area contributed by atoms with Gasteiger partial charge in [0, 0.05) is 5.39 Å². The lowest BCUT2D eigenvalue weighted by atomic mass is 10.1. The summed E-state index contributed by atoms with van der Waals surface area (Å²) in [5.74, 6) is 0.114. The minimum atomic E-state index is -0.731. The van der Waals surface area contributed by atoms with Crippen molar-refractivity contribution in [1.29, 1.82) is 0 Å². The number of benzene rings is 1. The van der Waals surface area contributed by atoms with E-state index in [1.54, 1.807) is 0 Å². The van der Waals surface area contributed by atoms with E-state index < -0.39 is 5.97 Å². The predicted molar refractivity (Wildman–Crippen MR) is 76.8 cm³/mol. The maximum Gasteiger partial charge on any atom is 0.320 e. The van der Waals surface area contributed by atoms with Crippen LogP contribution in [0, 0.1) is 13.8 Å². The molecule has 1 aromatic heterocycles. The molecule has 3 rings (SSSR count). The number of nitrogens with zero attached hydrogens (tertiary/aromatic N) is 1. The second kappa shape index (κ2) is 4.94. The molecule has 0 unspecified atom stereocenters. The van der Waals surface area contributed by atoms with Crippen LogP contribution in [0.3, 0.4) is 0 Å². The number of carboxylic acids is 1. The first-order valence-corrected chi connectivity index (χ1v) is 7.01. The zero-order valence-corrected chi connectivity index (χ0v) is 11.8. The van der Waals surface area contributed by atoms with Crippen LogP contribution in [-0.2, 0) is 11.3 Å². The molecule has 2 aromatic rings. The molecule has 1 atom stereocenters. The number of aryl methyl sites for hydroxylation is 2. The zero-order chi connectivity index (χ0) is 14.3. The van der Waals surface area contributed by atoms with Crippen LogP contribution < -0.4 is 0 Å². The number of furan rings is 1. The van der Waals surface area contributed by atoms with Crippen LogP contribution in [-0.4, -0.2) is 28.6 Å². The molecule has 0 spiro atoms. The molecular formula is C16H19NO3. The molecule has 0 amide bonds. The van der Waals surface area contributed by atoms with Crippen LogP contribution >= 0.6 is 0 Å². The summed E-state index contributed by atoms with van der Waals surface area (Å²) in [6, 6.07) is 5.83. The fraction of sp³-hybridized carbons (Fsp3) is 0.438. The highest BCUT2D eigenvalue weighted by Gasteiger charge is 2.30. The van der Waals surface area contributed by atoms with E-state index in [0.29, 0.717) is 6.54 Å². The standard InChI is InChI=1S/C16H19NO3/c1-10-6-12-8-13(20-15(12)7-11(10)2)9-17-5-3-4-14(17)16(18)19/h6-8,14H,3-5,9H2,1-2H3,(H,18,19)/t14-/m0/s1. The Morgan fingerprint density at radius 1 is 1.35 bits per heavy atom. The topological polar surface area (TPSA) is 53.7 Å². The summed E-state index contributed by atoms with van der Waals surface area (Å²) >= 11 is 0. The van der Waals surface area contributed by atoms with E-state index in [1.807, 2.05) is 17.0 Å². The highest BCUT2D eigenvalue weighted by molar-refractivity contribution is 5.79. The minimum absolute atomic E-state index is 0.369. The lowest BCUT2D eigenvalue weighted by Crippen LogP contribution is -2.35. The quantitative estimate of drug-likeness (QED) is 0.933. The molecule has 1 N–H and O–H groups in total. The van der Waals surface area contributed by atoms with Gasteiger partial charge in [-0.1, -0.05) is 0 Å². The van der Waals surface area contributed by atoms with E-state index in [-0.39, 0.29) is 6.04 Å². The number of aliphatic carboxylic acids is 1. The lowest BCUT2D eigenvalue weighted by molar-refractivity contribution is -0.142. The maximum absolute atomic E-state index is 11.2. The Labute approximate surface area is 118 Å². The molecule has 0 aliphatic carbocycles. The van der Waals surface area contributed by atoms with Crippen LogP contribution in [0.1, 0.15) is 29.7 Å². The summed E-state index contributed by atoms with van der Waals surface area (Å²) in [6.45, 7) is 5.55. The van der Waals surface area contributed by atoms with Gasteiger partial charge in [-0.05, 0) is 62.6 Å². The number of hydrogen-bond donors (Lipinski definition) is 1. The van der Waals surface area contributed by atoms with E-state index in [0.717, 1.165) is 36.1 Å². The van der Waals surface area contributed by atoms with Crippen molar-refractivity contribution >= 4 is 16.9 Å². The zero-order valence-electron chi connectivity index (χ0n) is 11.8. The fourth-order valence-electron chi connectivity index (χ4n) is 2.93. The molecule has 4 nitrogen and oxygen atoms in total. The third-order valence-electron chi connectivity index (χ3n) is 4.19. The van der Waals surface area contributed by atoms with E-state index in [4.69, 9.17) is 4.42 Å². The van der Waals surface area contributed by atoms with Gasteiger partial charge in [0.1, 0.15) is 17.4 Å². The molecule has 106 valence electrons. The number of carboxylic acid groups (broad SMARTS) is 1. The van der Waals surface area contributed by atoms with E-state index in [9.17, 15) is 9.90 Å². The monoisotopic (exact) mass is 273 g/mol. The van der Waals surface area contributed by atoms with Gasteiger partial charge in [0.15, 0.2) is 0 Å². The van der Waals surface area contributed by atoms with Crippen molar-refractivity contribution in [3.8, 4) is 0 Å². The number of likely N-dealkylation sites (tertiary alicyclic amines) is 1. The van der Waals surface area contributed by atoms with Crippen molar-refractivity contribution in [3.05, 3.63) is 35.1 Å². The number of hydrogen-bond acceptors (Lipinski definition) is 3. The molecule has 0 bridgehead atoms. The molecule has 1 fully saturated rings. The maximum atomic E-state index is 11.2. The van der Waals surface area contributed by atoms with Crippen LogP contribution in [0.4, 0.5) is 0 Å². The summed E-state index contributed by atoms with van der Waals surface area (Å²) in [5, 5.41) is 10.3. The number of rotatable bonds is 3. The first kappa shape index (κ1) is 13.2. The third-order valence-corrected chi connectivity index (χ3v) is 4.19. The van der Waals surface area contributed by atoms with Crippen LogP contribution in [0.15, 0.2) is 22.6 Å².